The van der Waals surface area contributed by atoms with E-state index in [1.54, 1.807) is 0 Å². The van der Waals surface area contributed by atoms with Crippen molar-refractivity contribution in [3.05, 3.63) is 0 Å². The quantitative estimate of drug-likeness (QED) is 0.491. The monoisotopic (exact) mass is 147 g/mol. The summed E-state index contributed by atoms with van der Waals surface area (Å²) in [5.74, 6) is 0. The van der Waals surface area contributed by atoms with Crippen molar-refractivity contribution in [2.24, 2.45) is 17.2 Å². The molecule has 0 amide bonds. The molecular weight excluding hydrogens is 126 g/mol. The van der Waals surface area contributed by atoms with Crippen LogP contribution in [0.5, 0.6) is 0 Å². The Morgan fingerprint density at radius 1 is 0.800 bits per heavy atom. The van der Waals surface area contributed by atoms with E-state index in [9.17, 15) is 0 Å². The lowest BCUT2D eigenvalue weighted by Gasteiger charge is -1.86. The molecule has 0 aromatic heterocycles. The fraction of sp³-hybridized carbons (Fsp3) is 1.00. The minimum absolute atomic E-state index is 0.597. The van der Waals surface area contributed by atoms with E-state index in [1.165, 1.54) is 19.3 Å². The lowest BCUT2D eigenvalue weighted by atomic mass is 10.3. The van der Waals surface area contributed by atoms with E-state index in [2.05, 4.69) is 6.92 Å². The Morgan fingerprint density at radius 3 is 1.40 bits per heavy atom. The molecule has 0 saturated heterocycles. The third kappa shape index (κ3) is 24.8. The van der Waals surface area contributed by atoms with Gasteiger partial charge in [-0.2, -0.15) is 0 Å². The Labute approximate surface area is 64.0 Å². The van der Waals surface area contributed by atoms with E-state index in [0.29, 0.717) is 13.1 Å². The summed E-state index contributed by atoms with van der Waals surface area (Å²) in [6.45, 7) is 4.23. The lowest BCUT2D eigenvalue weighted by molar-refractivity contribution is 0.727. The van der Waals surface area contributed by atoms with Crippen LogP contribution in [0.25, 0.3) is 0 Å². The van der Waals surface area contributed by atoms with Crippen molar-refractivity contribution in [1.82, 2.24) is 0 Å². The molecule has 0 aliphatic carbocycles. The molecule has 0 unspecified atom stereocenters. The standard InChI is InChI=1S/C5H13N.C2H8N2/c1-2-3-4-5-6;3-1-2-4/h2-6H2,1H3;1-4H2. The van der Waals surface area contributed by atoms with Crippen molar-refractivity contribution in [1.29, 1.82) is 0 Å². The van der Waals surface area contributed by atoms with E-state index in [1.807, 2.05) is 0 Å². The average molecular weight is 147 g/mol. The largest absolute Gasteiger partial charge is 0.330 e. The van der Waals surface area contributed by atoms with Crippen LogP contribution in [0, 0.1) is 0 Å². The number of unbranched alkanes of at least 4 members (excludes halogenated alkanes) is 2. The van der Waals surface area contributed by atoms with Crippen LogP contribution >= 0.6 is 0 Å². The molecule has 0 fully saturated rings. The van der Waals surface area contributed by atoms with Gasteiger partial charge in [-0.1, -0.05) is 19.8 Å². The SMILES string of the molecule is CCCCCN.NCCN. The third-order valence-corrected chi connectivity index (χ3v) is 0.974. The third-order valence-electron chi connectivity index (χ3n) is 0.974. The molecule has 0 aliphatic rings. The average Bonchev–Trinajstić information content (AvgIpc) is 2.01. The molecule has 0 aromatic rings. The lowest BCUT2D eigenvalue weighted by Crippen LogP contribution is -2.11. The van der Waals surface area contributed by atoms with Gasteiger partial charge in [0, 0.05) is 13.1 Å². The highest BCUT2D eigenvalue weighted by Crippen LogP contribution is 1.88. The predicted octanol–water partition coefficient (Wildman–Crippen LogP) is 0.0391. The first-order valence-electron chi connectivity index (χ1n) is 3.93. The van der Waals surface area contributed by atoms with Crippen LogP contribution in [-0.4, -0.2) is 19.6 Å². The van der Waals surface area contributed by atoms with Crippen LogP contribution in [0.2, 0.25) is 0 Å². The molecule has 3 nitrogen and oxygen atoms in total. The van der Waals surface area contributed by atoms with Crippen LogP contribution in [0.4, 0.5) is 0 Å². The van der Waals surface area contributed by atoms with Crippen LogP contribution in [0.1, 0.15) is 26.2 Å². The minimum Gasteiger partial charge on any atom is -0.330 e. The topological polar surface area (TPSA) is 78.1 Å². The molecule has 0 aromatic carbocycles. The summed E-state index contributed by atoms with van der Waals surface area (Å²) in [5.41, 5.74) is 15.0. The molecule has 0 aliphatic heterocycles. The molecule has 0 heterocycles. The molecule has 0 saturated carbocycles. The molecule has 0 bridgehead atoms. The van der Waals surface area contributed by atoms with Gasteiger partial charge in [-0.3, -0.25) is 0 Å². The van der Waals surface area contributed by atoms with Crippen LogP contribution in [0.3, 0.4) is 0 Å². The Morgan fingerprint density at radius 2 is 1.30 bits per heavy atom. The summed E-state index contributed by atoms with van der Waals surface area (Å²) in [6.07, 6.45) is 3.75. The number of nitrogens with two attached hydrogens (primary N) is 3. The molecule has 0 spiro atoms. The van der Waals surface area contributed by atoms with Gasteiger partial charge in [0.1, 0.15) is 0 Å². The molecule has 0 rings (SSSR count). The molecule has 6 N–H and O–H groups in total. The summed E-state index contributed by atoms with van der Waals surface area (Å²) in [5, 5.41) is 0. The van der Waals surface area contributed by atoms with E-state index in [-0.39, 0.29) is 0 Å². The second-order valence-electron chi connectivity index (χ2n) is 2.07. The molecule has 64 valence electrons. The molecule has 10 heavy (non-hydrogen) atoms. The van der Waals surface area contributed by atoms with Crippen molar-refractivity contribution in [2.45, 2.75) is 26.2 Å². The van der Waals surface area contributed by atoms with E-state index in [4.69, 9.17) is 17.2 Å². The Bertz CT molecular complexity index is 33.8. The van der Waals surface area contributed by atoms with Crippen LogP contribution in [0.15, 0.2) is 0 Å². The fourth-order valence-electron chi connectivity index (χ4n) is 0.394. The zero-order valence-corrected chi connectivity index (χ0v) is 6.97. The summed E-state index contributed by atoms with van der Waals surface area (Å²) < 4.78 is 0. The maximum atomic E-state index is 5.21. The first-order valence-corrected chi connectivity index (χ1v) is 3.93. The van der Waals surface area contributed by atoms with Crippen molar-refractivity contribution in [3.63, 3.8) is 0 Å². The highest BCUT2D eigenvalue weighted by molar-refractivity contribution is 4.35. The van der Waals surface area contributed by atoms with Gasteiger partial charge >= 0.3 is 0 Å². The smallest absolute Gasteiger partial charge is 0.00461 e. The van der Waals surface area contributed by atoms with Crippen molar-refractivity contribution in [2.75, 3.05) is 19.6 Å². The summed E-state index contributed by atoms with van der Waals surface area (Å²) in [7, 11) is 0. The second-order valence-corrected chi connectivity index (χ2v) is 2.07. The Hall–Kier alpha value is -0.120. The molecular formula is C7H21N3. The second kappa shape index (κ2) is 15.9. The van der Waals surface area contributed by atoms with E-state index in [0.717, 1.165) is 6.54 Å². The maximum Gasteiger partial charge on any atom is 0.00461 e. The number of hydrogen-bond acceptors (Lipinski definition) is 3. The van der Waals surface area contributed by atoms with Gasteiger partial charge in [-0.05, 0) is 13.0 Å². The van der Waals surface area contributed by atoms with Crippen molar-refractivity contribution in [3.8, 4) is 0 Å². The molecule has 3 heteroatoms. The molecule has 0 atom stereocenters. The Kier molecular flexibility index (Phi) is 20.0. The Balaban J connectivity index is 0. The van der Waals surface area contributed by atoms with Crippen LogP contribution < -0.4 is 17.2 Å². The van der Waals surface area contributed by atoms with Gasteiger partial charge in [0.25, 0.3) is 0 Å². The maximum absolute atomic E-state index is 5.21. The predicted molar refractivity (Wildman–Crippen MR) is 46.7 cm³/mol. The van der Waals surface area contributed by atoms with Gasteiger partial charge < -0.3 is 17.2 Å². The van der Waals surface area contributed by atoms with Gasteiger partial charge in [-0.15, -0.1) is 0 Å². The number of rotatable bonds is 4. The van der Waals surface area contributed by atoms with Crippen molar-refractivity contribution < 1.29 is 0 Å². The molecule has 0 radical (unpaired) electrons. The number of hydrogen-bond donors (Lipinski definition) is 3. The van der Waals surface area contributed by atoms with E-state index < -0.39 is 0 Å². The minimum atomic E-state index is 0.597. The summed E-state index contributed by atoms with van der Waals surface area (Å²) in [6, 6.07) is 0. The van der Waals surface area contributed by atoms with Gasteiger partial charge in [0.2, 0.25) is 0 Å². The summed E-state index contributed by atoms with van der Waals surface area (Å²) in [4.78, 5) is 0. The van der Waals surface area contributed by atoms with Gasteiger partial charge in [0.05, 0.1) is 0 Å². The first-order chi connectivity index (χ1) is 4.83. The highest BCUT2D eigenvalue weighted by Gasteiger charge is 1.75. The van der Waals surface area contributed by atoms with Gasteiger partial charge in [0.15, 0.2) is 0 Å². The highest BCUT2D eigenvalue weighted by atomic mass is 14.6. The fourth-order valence-corrected chi connectivity index (χ4v) is 0.394. The summed E-state index contributed by atoms with van der Waals surface area (Å²) >= 11 is 0. The van der Waals surface area contributed by atoms with Crippen LogP contribution in [-0.2, 0) is 0 Å². The van der Waals surface area contributed by atoms with Gasteiger partial charge in [-0.25, -0.2) is 0 Å². The normalized spacial score (nSPS) is 8.40. The van der Waals surface area contributed by atoms with E-state index >= 15 is 0 Å². The zero-order chi connectivity index (χ0) is 8.24. The first kappa shape index (κ1) is 12.5. The van der Waals surface area contributed by atoms with Crippen molar-refractivity contribution >= 4 is 0 Å². The zero-order valence-electron chi connectivity index (χ0n) is 6.97.